The number of aryl methyl sites for hydroxylation is 1. The third-order valence-corrected chi connectivity index (χ3v) is 3.38. The van der Waals surface area contributed by atoms with Crippen LogP contribution in [-0.4, -0.2) is 24.0 Å². The number of phenols is 1. The lowest BCUT2D eigenvalue weighted by Crippen LogP contribution is -2.19. The smallest absolute Gasteiger partial charge is 0.244 e. The van der Waals surface area contributed by atoms with Gasteiger partial charge in [0.05, 0.1) is 12.6 Å². The zero-order valence-corrected chi connectivity index (χ0v) is 12.6. The van der Waals surface area contributed by atoms with Gasteiger partial charge in [-0.3, -0.25) is 4.79 Å². The van der Waals surface area contributed by atoms with Gasteiger partial charge in [-0.15, -0.1) is 0 Å². The fourth-order valence-corrected chi connectivity index (χ4v) is 2.23. The van der Waals surface area contributed by atoms with Crippen LogP contribution in [0.3, 0.4) is 0 Å². The van der Waals surface area contributed by atoms with E-state index in [4.69, 9.17) is 9.47 Å². The van der Waals surface area contributed by atoms with E-state index in [0.29, 0.717) is 17.1 Å². The van der Waals surface area contributed by atoms with Crippen molar-refractivity contribution < 1.29 is 19.4 Å². The molecule has 0 radical (unpaired) electrons. The molecule has 2 aromatic carbocycles. The van der Waals surface area contributed by atoms with Crippen LogP contribution >= 0.6 is 0 Å². The number of amides is 1. The van der Waals surface area contributed by atoms with Gasteiger partial charge in [-0.25, -0.2) is 5.43 Å². The maximum Gasteiger partial charge on any atom is 0.244 e. The average molecular weight is 312 g/mol. The van der Waals surface area contributed by atoms with Gasteiger partial charge in [0, 0.05) is 5.56 Å². The van der Waals surface area contributed by atoms with E-state index in [1.807, 2.05) is 13.0 Å². The standard InChI is InChI=1S/C17H16N2O4/c1-11-2-4-14(20)13(6-11)9-18-19-17(21)8-12-3-5-15-16(7-12)23-10-22-15/h2-7,9,20H,8,10H2,1H3,(H,19,21)/b18-9-. The molecule has 0 spiro atoms. The minimum atomic E-state index is -0.257. The Kier molecular flexibility index (Phi) is 4.14. The Labute approximate surface area is 133 Å². The number of rotatable bonds is 4. The first-order valence-corrected chi connectivity index (χ1v) is 7.12. The second kappa shape index (κ2) is 6.39. The van der Waals surface area contributed by atoms with Gasteiger partial charge in [0.1, 0.15) is 5.75 Å². The lowest BCUT2D eigenvalue weighted by molar-refractivity contribution is -0.120. The van der Waals surface area contributed by atoms with E-state index in [1.165, 1.54) is 6.21 Å². The molecule has 1 aliphatic rings. The summed E-state index contributed by atoms with van der Waals surface area (Å²) in [5.41, 5.74) is 4.79. The molecule has 0 unspecified atom stereocenters. The third kappa shape index (κ3) is 3.60. The predicted octanol–water partition coefficient (Wildman–Crippen LogP) is 2.12. The summed E-state index contributed by atoms with van der Waals surface area (Å²) in [7, 11) is 0. The largest absolute Gasteiger partial charge is 0.507 e. The fraction of sp³-hybridized carbons (Fsp3) is 0.176. The molecule has 0 saturated heterocycles. The number of hydrogen-bond acceptors (Lipinski definition) is 5. The molecule has 0 atom stereocenters. The molecule has 118 valence electrons. The Morgan fingerprint density at radius 2 is 2.09 bits per heavy atom. The van der Waals surface area contributed by atoms with E-state index in [2.05, 4.69) is 10.5 Å². The SMILES string of the molecule is Cc1ccc(O)c(/C=N\NC(=O)Cc2ccc3c(c2)OCO3)c1. The number of fused-ring (bicyclic) bond motifs is 1. The van der Waals surface area contributed by atoms with Crippen molar-refractivity contribution in [1.82, 2.24) is 5.43 Å². The summed E-state index contributed by atoms with van der Waals surface area (Å²) in [5, 5.41) is 13.6. The zero-order chi connectivity index (χ0) is 16.2. The van der Waals surface area contributed by atoms with Crippen LogP contribution in [0.1, 0.15) is 16.7 Å². The minimum Gasteiger partial charge on any atom is -0.507 e. The van der Waals surface area contributed by atoms with E-state index in [1.54, 1.807) is 30.3 Å². The molecule has 0 bridgehead atoms. The number of carbonyl (C=O) groups excluding carboxylic acids is 1. The van der Waals surface area contributed by atoms with Crippen LogP contribution in [0.25, 0.3) is 0 Å². The van der Waals surface area contributed by atoms with E-state index >= 15 is 0 Å². The lowest BCUT2D eigenvalue weighted by Gasteiger charge is -2.03. The number of hydrazone groups is 1. The maximum absolute atomic E-state index is 11.9. The van der Waals surface area contributed by atoms with Crippen molar-refractivity contribution >= 4 is 12.1 Å². The van der Waals surface area contributed by atoms with Crippen LogP contribution in [0.15, 0.2) is 41.5 Å². The number of carbonyl (C=O) groups is 1. The van der Waals surface area contributed by atoms with Crippen LogP contribution in [0, 0.1) is 6.92 Å². The first-order valence-electron chi connectivity index (χ1n) is 7.12. The normalized spacial score (nSPS) is 12.6. The van der Waals surface area contributed by atoms with E-state index in [0.717, 1.165) is 11.1 Å². The Balaban J connectivity index is 1.59. The van der Waals surface area contributed by atoms with Crippen molar-refractivity contribution in [2.75, 3.05) is 6.79 Å². The minimum absolute atomic E-state index is 0.115. The van der Waals surface area contributed by atoms with Crippen LogP contribution in [0.4, 0.5) is 0 Å². The summed E-state index contributed by atoms with van der Waals surface area (Å²) in [6.45, 7) is 2.12. The van der Waals surface area contributed by atoms with Crippen molar-refractivity contribution in [3.8, 4) is 17.2 Å². The fourth-order valence-electron chi connectivity index (χ4n) is 2.23. The van der Waals surface area contributed by atoms with E-state index < -0.39 is 0 Å². The molecule has 6 heteroatoms. The van der Waals surface area contributed by atoms with Gasteiger partial charge >= 0.3 is 0 Å². The van der Waals surface area contributed by atoms with Crippen LogP contribution in [0.2, 0.25) is 0 Å². The highest BCUT2D eigenvalue weighted by atomic mass is 16.7. The predicted molar refractivity (Wildman–Crippen MR) is 84.8 cm³/mol. The van der Waals surface area contributed by atoms with Gasteiger partial charge in [0.15, 0.2) is 11.5 Å². The summed E-state index contributed by atoms with van der Waals surface area (Å²) in [6.07, 6.45) is 1.59. The Morgan fingerprint density at radius 1 is 1.26 bits per heavy atom. The molecular formula is C17H16N2O4. The van der Waals surface area contributed by atoms with Gasteiger partial charge in [0.2, 0.25) is 12.7 Å². The molecule has 1 aliphatic heterocycles. The van der Waals surface area contributed by atoms with Crippen LogP contribution in [0.5, 0.6) is 17.2 Å². The number of ether oxygens (including phenoxy) is 2. The van der Waals surface area contributed by atoms with Crippen molar-refractivity contribution in [3.05, 3.63) is 53.1 Å². The molecule has 1 amide bonds. The second-order valence-corrected chi connectivity index (χ2v) is 5.22. The monoisotopic (exact) mass is 312 g/mol. The Bertz CT molecular complexity index is 771. The highest BCUT2D eigenvalue weighted by molar-refractivity contribution is 5.85. The number of aromatic hydroxyl groups is 1. The quantitative estimate of drug-likeness (QED) is 0.669. The van der Waals surface area contributed by atoms with Gasteiger partial charge in [-0.2, -0.15) is 5.10 Å². The average Bonchev–Trinajstić information content (AvgIpc) is 2.98. The van der Waals surface area contributed by atoms with Gasteiger partial charge in [-0.1, -0.05) is 17.7 Å². The number of benzene rings is 2. The highest BCUT2D eigenvalue weighted by Crippen LogP contribution is 2.32. The number of nitrogens with zero attached hydrogens (tertiary/aromatic N) is 1. The van der Waals surface area contributed by atoms with E-state index in [9.17, 15) is 9.90 Å². The van der Waals surface area contributed by atoms with Crippen molar-refractivity contribution in [2.45, 2.75) is 13.3 Å². The van der Waals surface area contributed by atoms with Gasteiger partial charge in [-0.05, 0) is 36.8 Å². The summed E-state index contributed by atoms with van der Waals surface area (Å²) in [5.74, 6) is 1.18. The maximum atomic E-state index is 11.9. The van der Waals surface area contributed by atoms with Gasteiger partial charge < -0.3 is 14.6 Å². The molecule has 6 nitrogen and oxygen atoms in total. The topological polar surface area (TPSA) is 80.2 Å². The van der Waals surface area contributed by atoms with Crippen molar-refractivity contribution in [1.29, 1.82) is 0 Å². The molecule has 23 heavy (non-hydrogen) atoms. The van der Waals surface area contributed by atoms with Crippen molar-refractivity contribution in [3.63, 3.8) is 0 Å². The summed E-state index contributed by atoms with van der Waals surface area (Å²) >= 11 is 0. The number of hydrogen-bond donors (Lipinski definition) is 2. The zero-order valence-electron chi connectivity index (χ0n) is 12.6. The summed E-state index contributed by atoms with van der Waals surface area (Å²) in [4.78, 5) is 11.9. The molecule has 0 fully saturated rings. The molecule has 0 saturated carbocycles. The summed E-state index contributed by atoms with van der Waals surface area (Å²) < 4.78 is 10.5. The number of phenolic OH excluding ortho intramolecular Hbond substituents is 1. The summed E-state index contributed by atoms with van der Waals surface area (Å²) in [6, 6.07) is 10.5. The van der Waals surface area contributed by atoms with Crippen LogP contribution < -0.4 is 14.9 Å². The Hall–Kier alpha value is -3.02. The molecule has 0 aliphatic carbocycles. The van der Waals surface area contributed by atoms with Crippen LogP contribution in [-0.2, 0) is 11.2 Å². The van der Waals surface area contributed by atoms with E-state index in [-0.39, 0.29) is 24.9 Å². The third-order valence-electron chi connectivity index (χ3n) is 3.38. The Morgan fingerprint density at radius 3 is 2.96 bits per heavy atom. The molecule has 2 aromatic rings. The highest BCUT2D eigenvalue weighted by Gasteiger charge is 2.14. The molecule has 0 aromatic heterocycles. The molecule has 3 rings (SSSR count). The van der Waals surface area contributed by atoms with Gasteiger partial charge in [0.25, 0.3) is 0 Å². The molecule has 2 N–H and O–H groups in total. The first kappa shape index (κ1) is 14.9. The lowest BCUT2D eigenvalue weighted by atomic mass is 10.1. The first-order chi connectivity index (χ1) is 11.1. The molecular weight excluding hydrogens is 296 g/mol. The second-order valence-electron chi connectivity index (χ2n) is 5.22. The molecule has 1 heterocycles. The van der Waals surface area contributed by atoms with Crippen molar-refractivity contribution in [2.24, 2.45) is 5.10 Å². The number of nitrogens with one attached hydrogen (secondary N) is 1.